The number of aliphatic imine (C=N–C) groups is 1. The normalized spacial score (nSPS) is 21.0. The van der Waals surface area contributed by atoms with Gasteiger partial charge in [-0.25, -0.2) is 4.99 Å². The zero-order chi connectivity index (χ0) is 14.6. The Hall–Kier alpha value is -1.25. The smallest absolute Gasteiger partial charge is 0.137 e. The van der Waals surface area contributed by atoms with Gasteiger partial charge in [0.05, 0.1) is 15.7 Å². The predicted octanol–water partition coefficient (Wildman–Crippen LogP) is 5.27. The second-order valence-electron chi connectivity index (χ2n) is 6.05. The van der Waals surface area contributed by atoms with Crippen LogP contribution < -0.4 is 0 Å². The Bertz CT molecular complexity index is 767. The molecule has 2 aliphatic rings. The molecule has 0 radical (unpaired) electrons. The maximum Gasteiger partial charge on any atom is 0.137 e. The van der Waals surface area contributed by atoms with Crippen LogP contribution in [0.2, 0.25) is 10.0 Å². The third-order valence-electron chi connectivity index (χ3n) is 4.45. The molecule has 0 saturated carbocycles. The highest BCUT2D eigenvalue weighted by Gasteiger charge is 2.28. The Labute approximate surface area is 134 Å². The maximum absolute atomic E-state index is 6.36. The number of halogens is 2. The zero-order valence-electron chi connectivity index (χ0n) is 11.9. The van der Waals surface area contributed by atoms with E-state index in [2.05, 4.69) is 24.0 Å². The van der Waals surface area contributed by atoms with Crippen molar-refractivity contribution in [3.8, 4) is 0 Å². The van der Waals surface area contributed by atoms with Gasteiger partial charge in [0.2, 0.25) is 0 Å². The van der Waals surface area contributed by atoms with Crippen molar-refractivity contribution >= 4 is 45.5 Å². The lowest BCUT2D eigenvalue weighted by molar-refractivity contribution is 0.274. The van der Waals surface area contributed by atoms with E-state index in [1.54, 1.807) is 6.07 Å². The van der Waals surface area contributed by atoms with Crippen molar-refractivity contribution in [2.75, 3.05) is 13.1 Å². The standard InChI is InChI=1S/C17H16Cl2N2/c1-10-4-3-7-21(9-10)17-12-6-2-5-11-13(18)8-14(19)16(20-17)15(11)12/h2,5-6,8,10H,3-4,7,9H2,1H3/t10-/m1/s1. The molecule has 4 heteroatoms. The summed E-state index contributed by atoms with van der Waals surface area (Å²) in [4.78, 5) is 7.24. The average Bonchev–Trinajstić information content (AvgIpc) is 2.86. The SMILES string of the molecule is C[C@@H]1CCCN(C2=Nc3c(Cl)cc(Cl)c4cccc2c34)C1. The molecule has 2 heterocycles. The lowest BCUT2D eigenvalue weighted by Crippen LogP contribution is -2.39. The maximum atomic E-state index is 6.36. The molecule has 0 bridgehead atoms. The fourth-order valence-electron chi connectivity index (χ4n) is 3.47. The minimum atomic E-state index is 0.639. The molecule has 2 aromatic rings. The summed E-state index contributed by atoms with van der Waals surface area (Å²) >= 11 is 12.7. The summed E-state index contributed by atoms with van der Waals surface area (Å²) in [7, 11) is 0. The van der Waals surface area contributed by atoms with Crippen LogP contribution >= 0.6 is 23.2 Å². The molecule has 0 amide bonds. The van der Waals surface area contributed by atoms with Crippen LogP contribution in [-0.2, 0) is 0 Å². The van der Waals surface area contributed by atoms with Gasteiger partial charge in [0.25, 0.3) is 0 Å². The molecule has 0 N–H and O–H groups in total. The number of likely N-dealkylation sites (tertiary alicyclic amines) is 1. The van der Waals surface area contributed by atoms with Crippen molar-refractivity contribution < 1.29 is 0 Å². The number of piperidine rings is 1. The Kier molecular flexibility index (Phi) is 3.13. The number of hydrogen-bond donors (Lipinski definition) is 0. The fraction of sp³-hybridized carbons (Fsp3) is 0.353. The first-order valence-corrected chi connectivity index (χ1v) is 8.15. The van der Waals surface area contributed by atoms with Gasteiger partial charge >= 0.3 is 0 Å². The highest BCUT2D eigenvalue weighted by molar-refractivity contribution is 6.42. The zero-order valence-corrected chi connectivity index (χ0v) is 13.4. The van der Waals surface area contributed by atoms with Crippen LogP contribution in [0.25, 0.3) is 10.8 Å². The average molecular weight is 319 g/mol. The van der Waals surface area contributed by atoms with E-state index in [1.807, 2.05) is 6.07 Å². The summed E-state index contributed by atoms with van der Waals surface area (Å²) in [5, 5.41) is 3.48. The van der Waals surface area contributed by atoms with Crippen molar-refractivity contribution in [3.63, 3.8) is 0 Å². The van der Waals surface area contributed by atoms with Gasteiger partial charge in [0.1, 0.15) is 5.84 Å². The van der Waals surface area contributed by atoms with Crippen LogP contribution in [0.1, 0.15) is 25.3 Å². The minimum Gasteiger partial charge on any atom is -0.356 e. The van der Waals surface area contributed by atoms with Crippen LogP contribution in [0.4, 0.5) is 5.69 Å². The largest absolute Gasteiger partial charge is 0.356 e. The Morgan fingerprint density at radius 2 is 2.10 bits per heavy atom. The number of nitrogens with zero attached hydrogens (tertiary/aromatic N) is 2. The van der Waals surface area contributed by atoms with Crippen LogP contribution in [0.3, 0.4) is 0 Å². The first kappa shape index (κ1) is 13.4. The van der Waals surface area contributed by atoms with Crippen molar-refractivity contribution in [2.45, 2.75) is 19.8 Å². The van der Waals surface area contributed by atoms with E-state index in [4.69, 9.17) is 28.2 Å². The molecular weight excluding hydrogens is 303 g/mol. The predicted molar refractivity (Wildman–Crippen MR) is 90.1 cm³/mol. The Morgan fingerprint density at radius 1 is 1.24 bits per heavy atom. The quantitative estimate of drug-likeness (QED) is 0.646. The molecule has 1 fully saturated rings. The van der Waals surface area contributed by atoms with Gasteiger partial charge in [-0.1, -0.05) is 48.3 Å². The molecule has 21 heavy (non-hydrogen) atoms. The Balaban J connectivity index is 1.89. The molecule has 1 saturated heterocycles. The monoisotopic (exact) mass is 318 g/mol. The molecule has 0 aromatic heterocycles. The molecule has 108 valence electrons. The van der Waals surface area contributed by atoms with Crippen LogP contribution in [0.5, 0.6) is 0 Å². The molecule has 2 nitrogen and oxygen atoms in total. The highest BCUT2D eigenvalue weighted by atomic mass is 35.5. The third kappa shape index (κ3) is 2.04. The third-order valence-corrected chi connectivity index (χ3v) is 5.05. The van der Waals surface area contributed by atoms with E-state index < -0.39 is 0 Å². The van der Waals surface area contributed by atoms with Gasteiger partial charge in [-0.2, -0.15) is 0 Å². The second-order valence-corrected chi connectivity index (χ2v) is 6.86. The summed E-state index contributed by atoms with van der Waals surface area (Å²) in [6.45, 7) is 4.44. The van der Waals surface area contributed by atoms with Gasteiger partial charge in [0.15, 0.2) is 0 Å². The molecule has 2 aromatic carbocycles. The van der Waals surface area contributed by atoms with Crippen molar-refractivity contribution in [1.82, 2.24) is 4.90 Å². The molecule has 0 spiro atoms. The summed E-state index contributed by atoms with van der Waals surface area (Å²) in [6, 6.07) is 8.02. The number of benzene rings is 2. The van der Waals surface area contributed by atoms with E-state index in [0.29, 0.717) is 16.0 Å². The van der Waals surface area contributed by atoms with Gasteiger partial charge in [-0.15, -0.1) is 0 Å². The van der Waals surface area contributed by atoms with E-state index in [1.165, 1.54) is 18.4 Å². The topological polar surface area (TPSA) is 15.6 Å². The minimum absolute atomic E-state index is 0.639. The first-order valence-electron chi connectivity index (χ1n) is 7.40. The first-order chi connectivity index (χ1) is 10.1. The lowest BCUT2D eigenvalue weighted by Gasteiger charge is -2.32. The summed E-state index contributed by atoms with van der Waals surface area (Å²) in [6.07, 6.45) is 2.52. The molecule has 1 atom stereocenters. The summed E-state index contributed by atoms with van der Waals surface area (Å²) < 4.78 is 0. The van der Waals surface area contributed by atoms with Crippen molar-refractivity contribution in [2.24, 2.45) is 10.9 Å². The Morgan fingerprint density at radius 3 is 2.90 bits per heavy atom. The van der Waals surface area contributed by atoms with Gasteiger partial charge < -0.3 is 4.90 Å². The van der Waals surface area contributed by atoms with Gasteiger partial charge in [0, 0.05) is 29.4 Å². The fourth-order valence-corrected chi connectivity index (χ4v) is 4.04. The number of hydrogen-bond acceptors (Lipinski definition) is 2. The summed E-state index contributed by atoms with van der Waals surface area (Å²) in [5.41, 5.74) is 2.04. The highest BCUT2D eigenvalue weighted by Crippen LogP contribution is 2.44. The van der Waals surface area contributed by atoms with E-state index in [0.717, 1.165) is 35.4 Å². The van der Waals surface area contributed by atoms with Crippen LogP contribution in [-0.4, -0.2) is 23.8 Å². The van der Waals surface area contributed by atoms with Gasteiger partial charge in [-0.05, 0) is 24.8 Å². The second kappa shape index (κ2) is 4.89. The number of rotatable bonds is 0. The van der Waals surface area contributed by atoms with E-state index in [-0.39, 0.29) is 0 Å². The number of amidine groups is 1. The molecule has 4 rings (SSSR count). The summed E-state index contributed by atoms with van der Waals surface area (Å²) in [5.74, 6) is 1.77. The molecule has 0 unspecified atom stereocenters. The van der Waals surface area contributed by atoms with Crippen molar-refractivity contribution in [3.05, 3.63) is 39.9 Å². The molecule has 2 aliphatic heterocycles. The van der Waals surface area contributed by atoms with Crippen molar-refractivity contribution in [1.29, 1.82) is 0 Å². The van der Waals surface area contributed by atoms with Crippen LogP contribution in [0.15, 0.2) is 29.3 Å². The lowest BCUT2D eigenvalue weighted by atomic mass is 9.98. The molecular formula is C17H16Cl2N2. The van der Waals surface area contributed by atoms with Gasteiger partial charge in [-0.3, -0.25) is 0 Å². The van der Waals surface area contributed by atoms with E-state index in [9.17, 15) is 0 Å². The van der Waals surface area contributed by atoms with E-state index >= 15 is 0 Å². The molecule has 0 aliphatic carbocycles. The van der Waals surface area contributed by atoms with Crippen LogP contribution in [0, 0.1) is 5.92 Å².